The molecule has 1 heteroatoms. The molecule has 64 valence electrons. The van der Waals surface area contributed by atoms with Crippen LogP contribution in [0.3, 0.4) is 0 Å². The summed E-state index contributed by atoms with van der Waals surface area (Å²) < 4.78 is 13.2. The Kier molecular flexibility index (Phi) is 2.69. The summed E-state index contributed by atoms with van der Waals surface area (Å²) in [5.74, 6) is 0.759. The van der Waals surface area contributed by atoms with Crippen molar-refractivity contribution in [1.82, 2.24) is 0 Å². The second-order valence-corrected chi connectivity index (χ2v) is 3.83. The van der Waals surface area contributed by atoms with E-state index in [4.69, 9.17) is 0 Å². The van der Waals surface area contributed by atoms with E-state index in [-0.39, 0.29) is 5.92 Å². The summed E-state index contributed by atoms with van der Waals surface area (Å²) in [5, 5.41) is 0. The van der Waals surface area contributed by atoms with Gasteiger partial charge in [-0.1, -0.05) is 26.0 Å². The van der Waals surface area contributed by atoms with Crippen molar-refractivity contribution in [3.8, 4) is 0 Å². The highest BCUT2D eigenvalue weighted by Crippen LogP contribution is 2.31. The molecule has 3 unspecified atom stereocenters. The van der Waals surface area contributed by atoms with Crippen molar-refractivity contribution in [3.63, 3.8) is 0 Å². The number of rotatable bonds is 0. The van der Waals surface area contributed by atoms with E-state index in [2.05, 4.69) is 13.5 Å². The molecular formula is C10H17F. The van der Waals surface area contributed by atoms with Crippen molar-refractivity contribution in [2.45, 2.75) is 39.3 Å². The molecule has 1 saturated carbocycles. The molecule has 0 heterocycles. The number of allylic oxidation sites excluding steroid dienone is 1. The first-order valence-electron chi connectivity index (χ1n) is 4.43. The second-order valence-electron chi connectivity index (χ2n) is 3.83. The molecule has 0 N–H and O–H groups in total. The first-order chi connectivity index (χ1) is 5.11. The molecule has 11 heavy (non-hydrogen) atoms. The monoisotopic (exact) mass is 156 g/mol. The SMILES string of the molecule is C=C1CC(F)C(C)CCC1C. The average molecular weight is 156 g/mol. The third-order valence-corrected chi connectivity index (χ3v) is 2.83. The van der Waals surface area contributed by atoms with Gasteiger partial charge in [0.2, 0.25) is 0 Å². The average Bonchev–Trinajstić information content (AvgIpc) is 2.05. The molecule has 0 amide bonds. The highest BCUT2D eigenvalue weighted by Gasteiger charge is 2.23. The first-order valence-corrected chi connectivity index (χ1v) is 4.43. The van der Waals surface area contributed by atoms with Crippen LogP contribution < -0.4 is 0 Å². The number of alkyl halides is 1. The molecule has 0 radical (unpaired) electrons. The van der Waals surface area contributed by atoms with Gasteiger partial charge in [-0.3, -0.25) is 0 Å². The number of halogens is 1. The van der Waals surface area contributed by atoms with E-state index in [0.29, 0.717) is 12.3 Å². The molecule has 0 aromatic rings. The van der Waals surface area contributed by atoms with Crippen molar-refractivity contribution >= 4 is 0 Å². The Morgan fingerprint density at radius 1 is 1.36 bits per heavy atom. The molecule has 0 nitrogen and oxygen atoms in total. The largest absolute Gasteiger partial charge is 0.247 e. The van der Waals surface area contributed by atoms with Crippen LogP contribution in [0.2, 0.25) is 0 Å². The maximum atomic E-state index is 13.2. The number of hydrogen-bond donors (Lipinski definition) is 0. The van der Waals surface area contributed by atoms with Crippen molar-refractivity contribution in [2.75, 3.05) is 0 Å². The van der Waals surface area contributed by atoms with Gasteiger partial charge in [0.1, 0.15) is 6.17 Å². The predicted octanol–water partition coefficient (Wildman–Crippen LogP) is 3.34. The van der Waals surface area contributed by atoms with E-state index >= 15 is 0 Å². The van der Waals surface area contributed by atoms with Gasteiger partial charge in [-0.15, -0.1) is 0 Å². The summed E-state index contributed by atoms with van der Waals surface area (Å²) in [5.41, 5.74) is 1.10. The molecule has 1 fully saturated rings. The van der Waals surface area contributed by atoms with E-state index in [1.165, 1.54) is 0 Å². The van der Waals surface area contributed by atoms with Crippen LogP contribution in [-0.4, -0.2) is 6.17 Å². The molecule has 1 aliphatic rings. The standard InChI is InChI=1S/C10H17F/c1-7-4-5-8(2)10(11)6-9(7)3/h7-8,10H,3-6H2,1-2H3. The van der Waals surface area contributed by atoms with Gasteiger partial charge in [-0.2, -0.15) is 0 Å². The normalized spacial score (nSPS) is 40.3. The number of hydrogen-bond acceptors (Lipinski definition) is 0. The molecule has 0 spiro atoms. The lowest BCUT2D eigenvalue weighted by Crippen LogP contribution is -2.10. The Morgan fingerprint density at radius 2 is 2.00 bits per heavy atom. The molecule has 1 aliphatic carbocycles. The topological polar surface area (TPSA) is 0 Å². The minimum Gasteiger partial charge on any atom is -0.247 e. The molecule has 3 atom stereocenters. The quantitative estimate of drug-likeness (QED) is 0.373. The maximum Gasteiger partial charge on any atom is 0.106 e. The highest BCUT2D eigenvalue weighted by molar-refractivity contribution is 5.03. The molecule has 0 bridgehead atoms. The smallest absolute Gasteiger partial charge is 0.106 e. The molecular weight excluding hydrogens is 139 g/mol. The third kappa shape index (κ3) is 2.05. The predicted molar refractivity (Wildman–Crippen MR) is 46.2 cm³/mol. The summed E-state index contributed by atoms with van der Waals surface area (Å²) in [6.07, 6.45) is 2.07. The molecule has 0 saturated heterocycles. The van der Waals surface area contributed by atoms with E-state index < -0.39 is 6.17 Å². The summed E-state index contributed by atoms with van der Waals surface area (Å²) >= 11 is 0. The Labute approximate surface area is 68.5 Å². The Balaban J connectivity index is 2.58. The Hall–Kier alpha value is -0.330. The maximum absolute atomic E-state index is 13.2. The molecule has 0 aromatic carbocycles. The molecule has 1 rings (SSSR count). The van der Waals surface area contributed by atoms with Crippen molar-refractivity contribution in [3.05, 3.63) is 12.2 Å². The van der Waals surface area contributed by atoms with Crippen molar-refractivity contribution in [2.24, 2.45) is 11.8 Å². The minimum absolute atomic E-state index is 0.233. The van der Waals surface area contributed by atoms with Gasteiger partial charge in [0.05, 0.1) is 0 Å². The lowest BCUT2D eigenvalue weighted by molar-refractivity contribution is 0.238. The van der Waals surface area contributed by atoms with Crippen LogP contribution in [0.1, 0.15) is 33.1 Å². The summed E-state index contributed by atoms with van der Waals surface area (Å²) in [6, 6.07) is 0. The van der Waals surface area contributed by atoms with Crippen LogP contribution in [0.5, 0.6) is 0 Å². The zero-order valence-electron chi connectivity index (χ0n) is 7.44. The van der Waals surface area contributed by atoms with Crippen LogP contribution in [0.4, 0.5) is 4.39 Å². The lowest BCUT2D eigenvalue weighted by Gasteiger charge is -2.11. The summed E-state index contributed by atoms with van der Waals surface area (Å²) in [4.78, 5) is 0. The molecule has 0 aromatic heterocycles. The van der Waals surface area contributed by atoms with Crippen LogP contribution in [0.25, 0.3) is 0 Å². The van der Waals surface area contributed by atoms with E-state index in [1.807, 2.05) is 6.92 Å². The fraction of sp³-hybridized carbons (Fsp3) is 0.800. The van der Waals surface area contributed by atoms with Crippen LogP contribution in [0.15, 0.2) is 12.2 Å². The van der Waals surface area contributed by atoms with E-state index in [0.717, 1.165) is 18.4 Å². The lowest BCUT2D eigenvalue weighted by atomic mass is 9.98. The first kappa shape index (κ1) is 8.76. The van der Waals surface area contributed by atoms with E-state index in [9.17, 15) is 4.39 Å². The fourth-order valence-corrected chi connectivity index (χ4v) is 1.55. The van der Waals surface area contributed by atoms with Gasteiger partial charge in [-0.25, -0.2) is 4.39 Å². The Morgan fingerprint density at radius 3 is 2.64 bits per heavy atom. The van der Waals surface area contributed by atoms with Gasteiger partial charge in [0, 0.05) is 0 Å². The fourth-order valence-electron chi connectivity index (χ4n) is 1.55. The van der Waals surface area contributed by atoms with Gasteiger partial charge < -0.3 is 0 Å². The van der Waals surface area contributed by atoms with Crippen LogP contribution in [-0.2, 0) is 0 Å². The van der Waals surface area contributed by atoms with Gasteiger partial charge in [-0.05, 0) is 31.1 Å². The van der Waals surface area contributed by atoms with E-state index in [1.54, 1.807) is 0 Å². The molecule has 0 aliphatic heterocycles. The van der Waals surface area contributed by atoms with Crippen molar-refractivity contribution in [1.29, 1.82) is 0 Å². The van der Waals surface area contributed by atoms with Gasteiger partial charge in [0.25, 0.3) is 0 Å². The Bertz CT molecular complexity index is 151. The van der Waals surface area contributed by atoms with Crippen molar-refractivity contribution < 1.29 is 4.39 Å². The second kappa shape index (κ2) is 3.38. The summed E-state index contributed by atoms with van der Waals surface area (Å²) in [6.45, 7) is 8.04. The van der Waals surface area contributed by atoms with Gasteiger partial charge >= 0.3 is 0 Å². The van der Waals surface area contributed by atoms with Crippen LogP contribution in [0, 0.1) is 11.8 Å². The zero-order valence-corrected chi connectivity index (χ0v) is 7.44. The van der Waals surface area contributed by atoms with Gasteiger partial charge in [0.15, 0.2) is 0 Å². The highest BCUT2D eigenvalue weighted by atomic mass is 19.1. The van der Waals surface area contributed by atoms with Crippen LogP contribution >= 0.6 is 0 Å². The third-order valence-electron chi connectivity index (χ3n) is 2.83. The zero-order chi connectivity index (χ0) is 8.43. The summed E-state index contributed by atoms with van der Waals surface area (Å²) in [7, 11) is 0. The minimum atomic E-state index is -0.646.